The number of hydrogen-bond acceptors (Lipinski definition) is 3. The van der Waals surface area contributed by atoms with E-state index >= 15 is 0 Å². The Bertz CT molecular complexity index is 153. The summed E-state index contributed by atoms with van der Waals surface area (Å²) in [6, 6.07) is 0. The normalized spacial score (nSPS) is 9.25. The first-order chi connectivity index (χ1) is 3.55. The molecule has 0 heterocycles. The maximum absolute atomic E-state index is 9.72. The van der Waals surface area contributed by atoms with E-state index in [9.17, 15) is 13.2 Å². The van der Waals surface area contributed by atoms with Crippen molar-refractivity contribution in [2.75, 3.05) is 7.05 Å². The second kappa shape index (κ2) is 2.51. The molecule has 5 nitrogen and oxygen atoms in total. The SMILES string of the molecule is CN(C(=O)O)[SH](=O)=O. The Kier molecular flexibility index (Phi) is 2.26. The van der Waals surface area contributed by atoms with Crippen molar-refractivity contribution in [1.29, 1.82) is 0 Å². The largest absolute Gasteiger partial charge is 0.464 e. The van der Waals surface area contributed by atoms with E-state index in [4.69, 9.17) is 5.11 Å². The lowest BCUT2D eigenvalue weighted by Crippen LogP contribution is -2.22. The van der Waals surface area contributed by atoms with Gasteiger partial charge in [-0.1, -0.05) is 0 Å². The van der Waals surface area contributed by atoms with Gasteiger partial charge in [0.2, 0.25) is 10.9 Å². The van der Waals surface area contributed by atoms with Crippen molar-refractivity contribution in [3.63, 3.8) is 0 Å². The van der Waals surface area contributed by atoms with Gasteiger partial charge in [0, 0.05) is 7.05 Å². The minimum atomic E-state index is -2.97. The number of hydrogen-bond donors (Lipinski definition) is 2. The first-order valence-corrected chi connectivity index (χ1v) is 2.79. The Balaban J connectivity index is 4.04. The fourth-order valence-electron chi connectivity index (χ4n) is 0.0698. The fraction of sp³-hybridized carbons (Fsp3) is 0.500. The van der Waals surface area contributed by atoms with Crippen LogP contribution in [0.1, 0.15) is 0 Å². The second-order valence-electron chi connectivity index (χ2n) is 1.04. The maximum Gasteiger partial charge on any atom is 0.420 e. The van der Waals surface area contributed by atoms with Crippen LogP contribution >= 0.6 is 0 Å². The Morgan fingerprint density at radius 3 is 2.00 bits per heavy atom. The van der Waals surface area contributed by atoms with Gasteiger partial charge < -0.3 is 5.11 Å². The molecule has 0 rings (SSSR count). The molecule has 0 aromatic heterocycles. The molecule has 0 saturated carbocycles. The average Bonchev–Trinajstić information content (AvgIpc) is 1.64. The van der Waals surface area contributed by atoms with Crippen molar-refractivity contribution >= 4 is 17.0 Å². The first-order valence-electron chi connectivity index (χ1n) is 1.66. The fourth-order valence-corrected chi connectivity index (χ4v) is 0.210. The summed E-state index contributed by atoms with van der Waals surface area (Å²) in [7, 11) is -2.01. The number of nitrogens with zero attached hydrogens (tertiary/aromatic N) is 1. The molecule has 0 aromatic carbocycles. The molecule has 1 amide bonds. The molecule has 0 bridgehead atoms. The summed E-state index contributed by atoms with van der Waals surface area (Å²) in [5, 5.41) is 7.89. The van der Waals surface area contributed by atoms with Gasteiger partial charge in [-0.3, -0.25) is 0 Å². The Morgan fingerprint density at radius 1 is 1.62 bits per heavy atom. The molecular weight excluding hydrogens is 134 g/mol. The number of carbonyl (C=O) groups is 1. The zero-order chi connectivity index (χ0) is 6.73. The zero-order valence-electron chi connectivity index (χ0n) is 4.07. The van der Waals surface area contributed by atoms with Crippen molar-refractivity contribution in [2.45, 2.75) is 0 Å². The minimum absolute atomic E-state index is 0.204. The van der Waals surface area contributed by atoms with Crippen LogP contribution in [-0.2, 0) is 10.9 Å². The monoisotopic (exact) mass is 139 g/mol. The molecule has 8 heavy (non-hydrogen) atoms. The zero-order valence-corrected chi connectivity index (χ0v) is 4.96. The van der Waals surface area contributed by atoms with E-state index < -0.39 is 17.0 Å². The molecule has 0 aliphatic heterocycles. The summed E-state index contributed by atoms with van der Waals surface area (Å²) in [6.45, 7) is 0. The van der Waals surface area contributed by atoms with E-state index in [1.807, 2.05) is 0 Å². The molecule has 6 heteroatoms. The third-order valence-electron chi connectivity index (χ3n) is 0.522. The molecule has 0 aromatic rings. The van der Waals surface area contributed by atoms with Gasteiger partial charge >= 0.3 is 6.09 Å². The van der Waals surface area contributed by atoms with Crippen molar-refractivity contribution in [3.8, 4) is 0 Å². The van der Waals surface area contributed by atoms with E-state index in [1.165, 1.54) is 0 Å². The second-order valence-corrected chi connectivity index (χ2v) is 2.12. The molecule has 0 unspecified atom stereocenters. The minimum Gasteiger partial charge on any atom is -0.464 e. The van der Waals surface area contributed by atoms with E-state index in [0.29, 0.717) is 0 Å². The summed E-state index contributed by atoms with van der Waals surface area (Å²) in [5.74, 6) is 0. The molecular formula is C2H5NO4S. The van der Waals surface area contributed by atoms with Crippen molar-refractivity contribution in [2.24, 2.45) is 0 Å². The van der Waals surface area contributed by atoms with Gasteiger partial charge in [-0.15, -0.1) is 0 Å². The van der Waals surface area contributed by atoms with Crippen LogP contribution in [0.4, 0.5) is 4.79 Å². The van der Waals surface area contributed by atoms with E-state index in [1.54, 1.807) is 0 Å². The quantitative estimate of drug-likeness (QED) is 0.463. The average molecular weight is 139 g/mol. The smallest absolute Gasteiger partial charge is 0.420 e. The van der Waals surface area contributed by atoms with Crippen molar-refractivity contribution < 1.29 is 18.3 Å². The molecule has 0 aliphatic rings. The Hall–Kier alpha value is -0.780. The lowest BCUT2D eigenvalue weighted by molar-refractivity contribution is 0.179. The first kappa shape index (κ1) is 7.22. The number of rotatable bonds is 1. The maximum atomic E-state index is 9.72. The van der Waals surface area contributed by atoms with E-state index in [0.717, 1.165) is 7.05 Å². The van der Waals surface area contributed by atoms with Gasteiger partial charge in [-0.05, 0) is 0 Å². The van der Waals surface area contributed by atoms with Gasteiger partial charge in [0.25, 0.3) is 0 Å². The van der Waals surface area contributed by atoms with Crippen LogP contribution in [0.15, 0.2) is 0 Å². The summed E-state index contributed by atoms with van der Waals surface area (Å²) < 4.78 is 19.6. The van der Waals surface area contributed by atoms with Crippen LogP contribution in [0.5, 0.6) is 0 Å². The van der Waals surface area contributed by atoms with E-state index in [-0.39, 0.29) is 4.31 Å². The highest BCUT2D eigenvalue weighted by molar-refractivity contribution is 7.70. The number of thiol groups is 1. The van der Waals surface area contributed by atoms with Gasteiger partial charge in [-0.25, -0.2) is 17.5 Å². The molecule has 0 spiro atoms. The summed E-state index contributed by atoms with van der Waals surface area (Å²) >= 11 is 0. The molecule has 0 fully saturated rings. The predicted octanol–water partition coefficient (Wildman–Crippen LogP) is -0.877. The molecule has 1 N–H and O–H groups in total. The topological polar surface area (TPSA) is 74.7 Å². The summed E-state index contributed by atoms with van der Waals surface area (Å²) in [5.41, 5.74) is 0. The molecule has 0 atom stereocenters. The van der Waals surface area contributed by atoms with Gasteiger partial charge in [0.1, 0.15) is 0 Å². The van der Waals surface area contributed by atoms with Crippen LogP contribution in [-0.4, -0.2) is 31.0 Å². The third kappa shape index (κ3) is 1.78. The summed E-state index contributed by atoms with van der Waals surface area (Å²) in [6.07, 6.45) is -1.47. The highest BCUT2D eigenvalue weighted by Gasteiger charge is 2.04. The number of carboxylic acid groups (broad SMARTS) is 1. The van der Waals surface area contributed by atoms with Crippen molar-refractivity contribution in [3.05, 3.63) is 0 Å². The standard InChI is InChI=1S/C2H5NO4S/c1-3(2(4)5)8(6)7/h8H,1H3,(H,4,5). The molecule has 0 aliphatic carbocycles. The van der Waals surface area contributed by atoms with Gasteiger partial charge in [-0.2, -0.15) is 0 Å². The van der Waals surface area contributed by atoms with Crippen LogP contribution in [0.2, 0.25) is 0 Å². The lowest BCUT2D eigenvalue weighted by Gasteiger charge is -1.99. The van der Waals surface area contributed by atoms with Crippen LogP contribution in [0.3, 0.4) is 0 Å². The van der Waals surface area contributed by atoms with E-state index in [2.05, 4.69) is 0 Å². The Morgan fingerprint density at radius 2 is 2.00 bits per heavy atom. The lowest BCUT2D eigenvalue weighted by atomic mass is 11.1. The van der Waals surface area contributed by atoms with Crippen LogP contribution < -0.4 is 0 Å². The highest BCUT2D eigenvalue weighted by Crippen LogP contribution is 1.79. The predicted molar refractivity (Wildman–Crippen MR) is 26.1 cm³/mol. The van der Waals surface area contributed by atoms with Crippen LogP contribution in [0, 0.1) is 0 Å². The van der Waals surface area contributed by atoms with Crippen LogP contribution in [0.25, 0.3) is 0 Å². The van der Waals surface area contributed by atoms with Gasteiger partial charge in [0.15, 0.2) is 0 Å². The molecule has 0 saturated heterocycles. The third-order valence-corrected chi connectivity index (χ3v) is 1.18. The Labute approximate surface area is 47.6 Å². The highest BCUT2D eigenvalue weighted by atomic mass is 32.2. The van der Waals surface area contributed by atoms with Gasteiger partial charge in [0.05, 0.1) is 0 Å². The molecule has 0 radical (unpaired) electrons. The molecule has 48 valence electrons. The van der Waals surface area contributed by atoms with Crippen molar-refractivity contribution in [1.82, 2.24) is 4.31 Å². The number of amides is 1. The summed E-state index contributed by atoms with van der Waals surface area (Å²) in [4.78, 5) is 9.68.